The molecule has 3 aromatic carbocycles. The largest absolute Gasteiger partial charge is 0.487 e. The van der Waals surface area contributed by atoms with Crippen LogP contribution in [0.25, 0.3) is 10.9 Å². The van der Waals surface area contributed by atoms with E-state index in [1.807, 2.05) is 36.4 Å². The van der Waals surface area contributed by atoms with E-state index in [2.05, 4.69) is 75.2 Å². The number of halogens is 1. The normalized spacial score (nSPS) is 11.9. The number of nitrogens with zero attached hydrogens (tertiary/aromatic N) is 2. The van der Waals surface area contributed by atoms with Gasteiger partial charge in [-0.1, -0.05) is 70.5 Å². The first kappa shape index (κ1) is 20.3. The van der Waals surface area contributed by atoms with E-state index >= 15 is 0 Å². The molecule has 0 aliphatic heterocycles. The minimum atomic E-state index is 0.134. The third-order valence-corrected chi connectivity index (χ3v) is 5.77. The quantitative estimate of drug-likeness (QED) is 0.260. The standard InChI is InChI=1S/C26H23BrN2O/c27-23-12-6-11-22(18-23)24(13-4-5-16-28)29-17-15-21-10-7-14-25(26(21)29)30-19-20-8-2-1-3-9-20/h1-3,6-12,14-15,17-18,24H,4-5,13,19H2/t24-/m1/s1. The summed E-state index contributed by atoms with van der Waals surface area (Å²) in [5, 5.41) is 10.2. The van der Waals surface area contributed by atoms with Gasteiger partial charge in [-0.05, 0) is 48.2 Å². The summed E-state index contributed by atoms with van der Waals surface area (Å²) < 4.78 is 9.62. The third kappa shape index (κ3) is 4.58. The molecule has 3 nitrogen and oxygen atoms in total. The molecule has 150 valence electrons. The van der Waals surface area contributed by atoms with Gasteiger partial charge in [0.15, 0.2) is 0 Å². The first-order valence-corrected chi connectivity index (χ1v) is 10.9. The van der Waals surface area contributed by atoms with Crippen LogP contribution in [0.1, 0.15) is 36.4 Å². The molecule has 0 saturated heterocycles. The van der Waals surface area contributed by atoms with E-state index in [1.165, 1.54) is 5.56 Å². The molecule has 4 aromatic rings. The highest BCUT2D eigenvalue weighted by molar-refractivity contribution is 9.10. The summed E-state index contributed by atoms with van der Waals surface area (Å²) in [6.45, 7) is 0.529. The van der Waals surface area contributed by atoms with Gasteiger partial charge in [0.05, 0.1) is 17.6 Å². The predicted octanol–water partition coefficient (Wildman–Crippen LogP) is 7.27. The Balaban J connectivity index is 1.72. The van der Waals surface area contributed by atoms with Crippen LogP contribution in [0.5, 0.6) is 5.75 Å². The van der Waals surface area contributed by atoms with Gasteiger partial charge >= 0.3 is 0 Å². The Morgan fingerprint density at radius 1 is 0.967 bits per heavy atom. The lowest BCUT2D eigenvalue weighted by atomic mass is 10.0. The number of benzene rings is 3. The van der Waals surface area contributed by atoms with Gasteiger partial charge in [-0.2, -0.15) is 5.26 Å². The Labute approximate surface area is 185 Å². The van der Waals surface area contributed by atoms with Crippen molar-refractivity contribution >= 4 is 26.8 Å². The summed E-state index contributed by atoms with van der Waals surface area (Å²) in [5.41, 5.74) is 3.46. The van der Waals surface area contributed by atoms with Gasteiger partial charge in [-0.15, -0.1) is 0 Å². The lowest BCUT2D eigenvalue weighted by molar-refractivity contribution is 0.308. The first-order valence-electron chi connectivity index (χ1n) is 10.1. The van der Waals surface area contributed by atoms with E-state index in [0.29, 0.717) is 13.0 Å². The molecule has 0 fully saturated rings. The Hall–Kier alpha value is -3.03. The van der Waals surface area contributed by atoms with Crippen molar-refractivity contribution in [2.24, 2.45) is 0 Å². The number of ether oxygens (including phenoxy) is 1. The highest BCUT2D eigenvalue weighted by Gasteiger charge is 2.18. The van der Waals surface area contributed by atoms with Crippen LogP contribution in [-0.4, -0.2) is 4.57 Å². The van der Waals surface area contributed by atoms with E-state index in [4.69, 9.17) is 10.00 Å². The van der Waals surface area contributed by atoms with Gasteiger partial charge in [0.1, 0.15) is 12.4 Å². The molecule has 0 amide bonds. The van der Waals surface area contributed by atoms with Gasteiger partial charge < -0.3 is 9.30 Å². The van der Waals surface area contributed by atoms with Crippen molar-refractivity contribution in [3.63, 3.8) is 0 Å². The second-order valence-electron chi connectivity index (χ2n) is 7.31. The van der Waals surface area contributed by atoms with Crippen molar-refractivity contribution in [1.29, 1.82) is 5.26 Å². The summed E-state index contributed by atoms with van der Waals surface area (Å²) in [6, 6.07) is 29.4. The molecule has 0 spiro atoms. The zero-order valence-electron chi connectivity index (χ0n) is 16.7. The fraction of sp³-hybridized carbons (Fsp3) is 0.192. The van der Waals surface area contributed by atoms with Crippen LogP contribution in [-0.2, 0) is 6.61 Å². The first-order chi connectivity index (χ1) is 14.8. The van der Waals surface area contributed by atoms with Crippen molar-refractivity contribution in [3.05, 3.63) is 101 Å². The molecule has 0 N–H and O–H groups in total. The van der Waals surface area contributed by atoms with E-state index in [9.17, 15) is 0 Å². The SMILES string of the molecule is N#CCCC[C@H](c1cccc(Br)c1)n1ccc2cccc(OCc3ccccc3)c21. The van der Waals surface area contributed by atoms with Crippen molar-refractivity contribution in [3.8, 4) is 11.8 Å². The Kier molecular flexibility index (Phi) is 6.51. The van der Waals surface area contributed by atoms with Gasteiger partial charge in [0.2, 0.25) is 0 Å². The van der Waals surface area contributed by atoms with Gasteiger partial charge in [-0.25, -0.2) is 0 Å². The molecule has 30 heavy (non-hydrogen) atoms. The number of fused-ring (bicyclic) bond motifs is 1. The Bertz CT molecular complexity index is 1160. The summed E-state index contributed by atoms with van der Waals surface area (Å²) in [7, 11) is 0. The number of hydrogen-bond donors (Lipinski definition) is 0. The van der Waals surface area contributed by atoms with E-state index < -0.39 is 0 Å². The number of para-hydroxylation sites is 1. The van der Waals surface area contributed by atoms with Gasteiger partial charge in [0, 0.05) is 22.5 Å². The molecular weight excluding hydrogens is 436 g/mol. The molecule has 0 saturated carbocycles. The highest BCUT2D eigenvalue weighted by Crippen LogP contribution is 2.35. The maximum absolute atomic E-state index is 9.03. The Morgan fingerprint density at radius 2 is 1.80 bits per heavy atom. The van der Waals surface area contributed by atoms with Crippen LogP contribution in [0, 0.1) is 11.3 Å². The average molecular weight is 459 g/mol. The fourth-order valence-electron chi connectivity index (χ4n) is 3.85. The molecule has 1 atom stereocenters. The number of nitriles is 1. The zero-order valence-corrected chi connectivity index (χ0v) is 18.3. The molecule has 0 aliphatic carbocycles. The molecule has 4 rings (SSSR count). The lowest BCUT2D eigenvalue weighted by Crippen LogP contribution is -2.10. The minimum Gasteiger partial charge on any atom is -0.487 e. The van der Waals surface area contributed by atoms with Crippen molar-refractivity contribution in [2.75, 3.05) is 0 Å². The molecule has 1 heterocycles. The minimum absolute atomic E-state index is 0.134. The molecule has 1 aromatic heterocycles. The highest BCUT2D eigenvalue weighted by atomic mass is 79.9. The van der Waals surface area contributed by atoms with Crippen LogP contribution in [0.4, 0.5) is 0 Å². The smallest absolute Gasteiger partial charge is 0.144 e. The van der Waals surface area contributed by atoms with Crippen molar-refractivity contribution < 1.29 is 4.74 Å². The molecule has 0 bridgehead atoms. The maximum atomic E-state index is 9.03. The van der Waals surface area contributed by atoms with Crippen LogP contribution < -0.4 is 4.74 Å². The third-order valence-electron chi connectivity index (χ3n) is 5.28. The number of hydrogen-bond acceptors (Lipinski definition) is 2. The molecule has 0 radical (unpaired) electrons. The molecular formula is C26H23BrN2O. The van der Waals surface area contributed by atoms with Crippen LogP contribution in [0.3, 0.4) is 0 Å². The summed E-state index contributed by atoms with van der Waals surface area (Å²) >= 11 is 3.60. The molecule has 0 unspecified atom stereocenters. The number of unbranched alkanes of at least 4 members (excludes halogenated alkanes) is 1. The summed E-state index contributed by atoms with van der Waals surface area (Å²) in [6.07, 6.45) is 4.43. The monoisotopic (exact) mass is 458 g/mol. The second kappa shape index (κ2) is 9.65. The zero-order chi connectivity index (χ0) is 20.8. The van der Waals surface area contributed by atoms with Crippen LogP contribution in [0.2, 0.25) is 0 Å². The molecule has 4 heteroatoms. The van der Waals surface area contributed by atoms with Crippen LogP contribution >= 0.6 is 15.9 Å². The fourth-order valence-corrected chi connectivity index (χ4v) is 4.27. The predicted molar refractivity (Wildman–Crippen MR) is 124 cm³/mol. The van der Waals surface area contributed by atoms with Crippen molar-refractivity contribution in [2.45, 2.75) is 31.9 Å². The van der Waals surface area contributed by atoms with Crippen LogP contribution in [0.15, 0.2) is 89.5 Å². The maximum Gasteiger partial charge on any atom is 0.144 e. The molecule has 0 aliphatic rings. The topological polar surface area (TPSA) is 38.0 Å². The lowest BCUT2D eigenvalue weighted by Gasteiger charge is -2.22. The summed E-state index contributed by atoms with van der Waals surface area (Å²) in [4.78, 5) is 0. The van der Waals surface area contributed by atoms with Crippen molar-refractivity contribution in [1.82, 2.24) is 4.57 Å². The Morgan fingerprint density at radius 3 is 2.60 bits per heavy atom. The second-order valence-corrected chi connectivity index (χ2v) is 8.23. The van der Waals surface area contributed by atoms with E-state index in [0.717, 1.165) is 39.5 Å². The summed E-state index contributed by atoms with van der Waals surface area (Å²) in [5.74, 6) is 0.877. The van der Waals surface area contributed by atoms with E-state index in [-0.39, 0.29) is 6.04 Å². The van der Waals surface area contributed by atoms with Gasteiger partial charge in [0.25, 0.3) is 0 Å². The van der Waals surface area contributed by atoms with E-state index in [1.54, 1.807) is 0 Å². The number of aromatic nitrogens is 1. The van der Waals surface area contributed by atoms with Gasteiger partial charge in [-0.3, -0.25) is 0 Å². The number of rotatable bonds is 8. The average Bonchev–Trinajstić information content (AvgIpc) is 3.20.